The fourth-order valence-electron chi connectivity index (χ4n) is 2.56. The molecule has 4 nitrogen and oxygen atoms in total. The Morgan fingerprint density at radius 3 is 2.76 bits per heavy atom. The van der Waals surface area contributed by atoms with Crippen LogP contribution in [0.4, 0.5) is 5.69 Å². The Hall–Kier alpha value is -2.03. The Kier molecular flexibility index (Phi) is 3.82. The number of nitrogen functional groups attached to an aromatic ring is 1. The molecule has 1 aliphatic heterocycles. The lowest BCUT2D eigenvalue weighted by Crippen LogP contribution is -2.48. The van der Waals surface area contributed by atoms with Crippen LogP contribution in [0, 0.1) is 12.3 Å². The molecule has 0 aliphatic carbocycles. The molecule has 0 radical (unpaired) electrons. The first-order valence-corrected chi connectivity index (χ1v) is 7.73. The number of hydrogen-bond acceptors (Lipinski definition) is 4. The number of benzene rings is 1. The lowest BCUT2D eigenvalue weighted by molar-refractivity contribution is 0.0657. The molecule has 1 saturated heterocycles. The van der Waals surface area contributed by atoms with Gasteiger partial charge in [-0.25, -0.2) is 0 Å². The third kappa shape index (κ3) is 2.87. The van der Waals surface area contributed by atoms with Crippen LogP contribution in [0.1, 0.15) is 9.67 Å². The molecule has 0 unspecified atom stereocenters. The fourth-order valence-corrected chi connectivity index (χ4v) is 3.57. The Morgan fingerprint density at radius 2 is 2.05 bits per heavy atom. The van der Waals surface area contributed by atoms with Gasteiger partial charge in [0.1, 0.15) is 0 Å². The summed E-state index contributed by atoms with van der Waals surface area (Å²) >= 11 is 1.53. The van der Waals surface area contributed by atoms with Crippen molar-refractivity contribution in [2.45, 2.75) is 0 Å². The molecule has 0 atom stereocenters. The number of amides is 1. The van der Waals surface area contributed by atoms with Crippen molar-refractivity contribution in [2.24, 2.45) is 0 Å². The Morgan fingerprint density at radius 1 is 1.29 bits per heavy atom. The predicted octanol–water partition coefficient (Wildman–Crippen LogP) is 1.87. The number of thiophene rings is 1. The third-order valence-electron chi connectivity index (χ3n) is 3.73. The highest BCUT2D eigenvalue weighted by molar-refractivity contribution is 7.20. The fraction of sp³-hybridized carbons (Fsp3) is 0.312. The molecule has 0 saturated carbocycles. The van der Waals surface area contributed by atoms with Crippen molar-refractivity contribution in [2.75, 3.05) is 38.5 Å². The Bertz CT molecular complexity index is 708. The van der Waals surface area contributed by atoms with Crippen molar-refractivity contribution in [1.82, 2.24) is 9.80 Å². The van der Waals surface area contributed by atoms with Gasteiger partial charge in [-0.05, 0) is 29.7 Å². The van der Waals surface area contributed by atoms with Crippen LogP contribution in [-0.2, 0) is 0 Å². The van der Waals surface area contributed by atoms with Crippen LogP contribution in [0.2, 0.25) is 0 Å². The Balaban J connectivity index is 1.74. The summed E-state index contributed by atoms with van der Waals surface area (Å²) < 4.78 is 1.10. The second kappa shape index (κ2) is 5.76. The second-order valence-electron chi connectivity index (χ2n) is 5.18. The Labute approximate surface area is 128 Å². The molecule has 1 fully saturated rings. The van der Waals surface area contributed by atoms with E-state index >= 15 is 0 Å². The van der Waals surface area contributed by atoms with E-state index in [1.807, 2.05) is 29.2 Å². The summed E-state index contributed by atoms with van der Waals surface area (Å²) in [6.07, 6.45) is 5.32. The van der Waals surface area contributed by atoms with Crippen molar-refractivity contribution < 1.29 is 4.79 Å². The maximum absolute atomic E-state index is 12.6. The number of nitrogens with two attached hydrogens (primary N) is 1. The number of carbonyl (C=O) groups is 1. The summed E-state index contributed by atoms with van der Waals surface area (Å²) in [5.74, 6) is 2.76. The largest absolute Gasteiger partial charge is 0.399 e. The lowest BCUT2D eigenvalue weighted by Gasteiger charge is -2.33. The van der Waals surface area contributed by atoms with Gasteiger partial charge in [0.25, 0.3) is 5.91 Å². The molecule has 108 valence electrons. The average Bonchev–Trinajstić information content (AvgIpc) is 2.90. The number of anilines is 1. The van der Waals surface area contributed by atoms with E-state index < -0.39 is 0 Å². The SMILES string of the molecule is C#CCN1CCN(C(=O)c2cc3cc(N)ccc3s2)CC1. The molecule has 2 aromatic rings. The molecule has 1 amide bonds. The van der Waals surface area contributed by atoms with Crippen LogP contribution < -0.4 is 5.73 Å². The van der Waals surface area contributed by atoms with Gasteiger partial charge in [-0.2, -0.15) is 0 Å². The zero-order valence-corrected chi connectivity index (χ0v) is 12.5. The molecule has 1 aromatic carbocycles. The first-order chi connectivity index (χ1) is 10.2. The minimum Gasteiger partial charge on any atom is -0.399 e. The number of carbonyl (C=O) groups excluding carboxylic acids is 1. The maximum Gasteiger partial charge on any atom is 0.264 e. The first-order valence-electron chi connectivity index (χ1n) is 6.91. The topological polar surface area (TPSA) is 49.6 Å². The van der Waals surface area contributed by atoms with Crippen LogP contribution in [-0.4, -0.2) is 48.4 Å². The van der Waals surface area contributed by atoms with Crippen LogP contribution in [0.3, 0.4) is 0 Å². The van der Waals surface area contributed by atoms with Crippen LogP contribution >= 0.6 is 11.3 Å². The molecule has 0 bridgehead atoms. The van der Waals surface area contributed by atoms with Crippen LogP contribution in [0.5, 0.6) is 0 Å². The van der Waals surface area contributed by atoms with Gasteiger partial charge < -0.3 is 10.6 Å². The molecular weight excluding hydrogens is 282 g/mol. The quantitative estimate of drug-likeness (QED) is 0.680. The van der Waals surface area contributed by atoms with Gasteiger partial charge in [-0.15, -0.1) is 17.8 Å². The molecule has 1 aliphatic rings. The van der Waals surface area contributed by atoms with E-state index in [1.54, 1.807) is 0 Å². The van der Waals surface area contributed by atoms with E-state index in [4.69, 9.17) is 12.2 Å². The lowest BCUT2D eigenvalue weighted by atomic mass is 10.2. The van der Waals surface area contributed by atoms with Crippen LogP contribution in [0.15, 0.2) is 24.3 Å². The molecule has 1 aromatic heterocycles. The standard InChI is InChI=1S/C16H17N3OS/c1-2-5-18-6-8-19(9-7-18)16(20)15-11-12-10-13(17)3-4-14(12)21-15/h1,3-4,10-11H,5-9,17H2. The molecular formula is C16H17N3OS. The number of piperazine rings is 1. The minimum absolute atomic E-state index is 0.107. The minimum atomic E-state index is 0.107. The van der Waals surface area contributed by atoms with Crippen molar-refractivity contribution in [3.05, 3.63) is 29.1 Å². The number of fused-ring (bicyclic) bond motifs is 1. The summed E-state index contributed by atoms with van der Waals surface area (Å²) in [6.45, 7) is 3.81. The summed E-state index contributed by atoms with van der Waals surface area (Å²) in [4.78, 5) is 17.4. The highest BCUT2D eigenvalue weighted by Gasteiger charge is 2.22. The van der Waals surface area contributed by atoms with Gasteiger partial charge in [0.2, 0.25) is 0 Å². The number of hydrogen-bond donors (Lipinski definition) is 1. The smallest absolute Gasteiger partial charge is 0.264 e. The van der Waals surface area contributed by atoms with Crippen molar-refractivity contribution in [3.8, 4) is 12.3 Å². The van der Waals surface area contributed by atoms with Gasteiger partial charge >= 0.3 is 0 Å². The van der Waals surface area contributed by atoms with Crippen molar-refractivity contribution in [1.29, 1.82) is 0 Å². The van der Waals surface area contributed by atoms with Crippen molar-refractivity contribution in [3.63, 3.8) is 0 Å². The summed E-state index contributed by atoms with van der Waals surface area (Å²) in [5.41, 5.74) is 6.51. The van der Waals surface area contributed by atoms with E-state index in [1.165, 1.54) is 11.3 Å². The van der Waals surface area contributed by atoms with Gasteiger partial charge in [0.05, 0.1) is 11.4 Å². The molecule has 5 heteroatoms. The van der Waals surface area contributed by atoms with Gasteiger partial charge in [-0.3, -0.25) is 9.69 Å². The van der Waals surface area contributed by atoms with Gasteiger partial charge in [0.15, 0.2) is 0 Å². The molecule has 3 rings (SSSR count). The maximum atomic E-state index is 12.6. The van der Waals surface area contributed by atoms with Crippen molar-refractivity contribution >= 4 is 33.0 Å². The highest BCUT2D eigenvalue weighted by atomic mass is 32.1. The van der Waals surface area contributed by atoms with Crippen LogP contribution in [0.25, 0.3) is 10.1 Å². The highest BCUT2D eigenvalue weighted by Crippen LogP contribution is 2.28. The normalized spacial score (nSPS) is 16.0. The van der Waals surface area contributed by atoms with E-state index in [0.29, 0.717) is 6.54 Å². The van der Waals surface area contributed by atoms with E-state index in [2.05, 4.69) is 10.8 Å². The molecule has 21 heavy (non-hydrogen) atoms. The van der Waals surface area contributed by atoms with E-state index in [9.17, 15) is 4.79 Å². The molecule has 0 spiro atoms. The predicted molar refractivity (Wildman–Crippen MR) is 87.4 cm³/mol. The zero-order chi connectivity index (χ0) is 14.8. The number of terminal acetylenes is 1. The number of rotatable bonds is 2. The first kappa shape index (κ1) is 13.9. The molecule has 2 N–H and O–H groups in total. The zero-order valence-electron chi connectivity index (χ0n) is 11.7. The second-order valence-corrected chi connectivity index (χ2v) is 6.26. The average molecular weight is 299 g/mol. The third-order valence-corrected chi connectivity index (χ3v) is 4.83. The molecule has 2 heterocycles. The monoisotopic (exact) mass is 299 g/mol. The summed E-state index contributed by atoms with van der Waals surface area (Å²) in [5, 5.41) is 1.04. The van der Waals surface area contributed by atoms with Gasteiger partial charge in [0, 0.05) is 36.6 Å². The summed E-state index contributed by atoms with van der Waals surface area (Å²) in [6, 6.07) is 7.68. The van der Waals surface area contributed by atoms with E-state index in [0.717, 1.165) is 46.8 Å². The van der Waals surface area contributed by atoms with E-state index in [-0.39, 0.29) is 5.91 Å². The number of nitrogens with zero attached hydrogens (tertiary/aromatic N) is 2. The van der Waals surface area contributed by atoms with Gasteiger partial charge in [-0.1, -0.05) is 5.92 Å². The summed E-state index contributed by atoms with van der Waals surface area (Å²) in [7, 11) is 0.